The molecule has 5 rings (SSSR count). The first-order valence-electron chi connectivity index (χ1n) is 8.69. The minimum Gasteiger partial charge on any atom is -0.303 e. The van der Waals surface area contributed by atoms with Crippen molar-refractivity contribution in [2.45, 2.75) is 61.9 Å². The van der Waals surface area contributed by atoms with Gasteiger partial charge in [0.05, 0.1) is 5.69 Å². The van der Waals surface area contributed by atoms with Crippen molar-refractivity contribution in [3.05, 3.63) is 32.9 Å². The molecule has 0 saturated heterocycles. The lowest BCUT2D eigenvalue weighted by Crippen LogP contribution is -2.15. The monoisotopic (exact) mass is 374 g/mol. The van der Waals surface area contributed by atoms with Crippen LogP contribution in [0.5, 0.6) is 0 Å². The normalized spacial score (nSPS) is 17.5. The Morgan fingerprint density at radius 2 is 2.12 bits per heavy atom. The van der Waals surface area contributed by atoms with Gasteiger partial charge in [0.1, 0.15) is 10.8 Å². The van der Waals surface area contributed by atoms with Crippen molar-refractivity contribution in [1.29, 1.82) is 0 Å². The third kappa shape index (κ3) is 2.89. The van der Waals surface area contributed by atoms with E-state index in [2.05, 4.69) is 24.8 Å². The Morgan fingerprint density at radius 3 is 2.84 bits per heavy atom. The fourth-order valence-corrected chi connectivity index (χ4v) is 4.70. The Bertz CT molecular complexity index is 998. The van der Waals surface area contributed by atoms with E-state index >= 15 is 0 Å². The topological polar surface area (TPSA) is 78.0 Å². The Labute approximate surface area is 152 Å². The van der Waals surface area contributed by atoms with Crippen LogP contribution < -0.4 is 5.56 Å². The average molecular weight is 374 g/mol. The summed E-state index contributed by atoms with van der Waals surface area (Å²) in [5.74, 6) is 2.38. The number of nitrogens with zero attached hydrogens (tertiary/aromatic N) is 6. The van der Waals surface area contributed by atoms with E-state index < -0.39 is 0 Å². The van der Waals surface area contributed by atoms with Gasteiger partial charge in [0.2, 0.25) is 4.96 Å². The standard InChI is InChI=1S/C16H18N6OS2/c1-2-12-20-22-13(23)7-10(17-15(22)25-12)8-24-16-19-18-14(9-3-4-9)21(16)11-5-6-11/h7,9,11H,2-6,8H2,1H3. The molecule has 7 nitrogen and oxygen atoms in total. The number of hydrogen-bond donors (Lipinski definition) is 0. The van der Waals surface area contributed by atoms with Gasteiger partial charge in [-0.15, -0.1) is 10.2 Å². The zero-order chi connectivity index (χ0) is 17.0. The molecule has 0 bridgehead atoms. The lowest BCUT2D eigenvalue weighted by Gasteiger charge is -2.07. The Morgan fingerprint density at radius 1 is 1.28 bits per heavy atom. The van der Waals surface area contributed by atoms with E-state index in [0.29, 0.717) is 22.7 Å². The molecule has 25 heavy (non-hydrogen) atoms. The van der Waals surface area contributed by atoms with Crippen LogP contribution in [0.3, 0.4) is 0 Å². The van der Waals surface area contributed by atoms with E-state index in [0.717, 1.165) is 28.1 Å². The molecule has 0 spiro atoms. The van der Waals surface area contributed by atoms with Crippen LogP contribution >= 0.6 is 23.1 Å². The smallest absolute Gasteiger partial charge is 0.275 e. The minimum absolute atomic E-state index is 0.112. The third-order valence-corrected chi connectivity index (χ3v) is 6.57. The number of aromatic nitrogens is 6. The molecule has 0 aliphatic heterocycles. The quantitative estimate of drug-likeness (QED) is 0.618. The summed E-state index contributed by atoms with van der Waals surface area (Å²) in [6.07, 6.45) is 5.71. The maximum absolute atomic E-state index is 12.3. The van der Waals surface area contributed by atoms with Gasteiger partial charge < -0.3 is 4.57 Å². The molecule has 2 aliphatic carbocycles. The first-order chi connectivity index (χ1) is 12.2. The van der Waals surface area contributed by atoms with Crippen molar-refractivity contribution < 1.29 is 0 Å². The molecule has 0 N–H and O–H groups in total. The van der Waals surface area contributed by atoms with Crippen molar-refractivity contribution in [1.82, 2.24) is 29.4 Å². The van der Waals surface area contributed by atoms with Crippen LogP contribution in [-0.2, 0) is 12.2 Å². The molecule has 0 unspecified atom stereocenters. The van der Waals surface area contributed by atoms with Crippen LogP contribution in [0.15, 0.2) is 16.0 Å². The van der Waals surface area contributed by atoms with Gasteiger partial charge >= 0.3 is 0 Å². The van der Waals surface area contributed by atoms with Crippen molar-refractivity contribution >= 4 is 28.1 Å². The van der Waals surface area contributed by atoms with Gasteiger partial charge in [0, 0.05) is 23.8 Å². The van der Waals surface area contributed by atoms with Crippen LogP contribution in [0.2, 0.25) is 0 Å². The molecule has 2 saturated carbocycles. The van der Waals surface area contributed by atoms with Gasteiger partial charge in [-0.3, -0.25) is 4.79 Å². The number of fused-ring (bicyclic) bond motifs is 1. The lowest BCUT2D eigenvalue weighted by molar-refractivity contribution is 0.627. The molecule has 3 aromatic heterocycles. The number of rotatable bonds is 6. The zero-order valence-corrected chi connectivity index (χ0v) is 15.5. The van der Waals surface area contributed by atoms with E-state index in [1.807, 2.05) is 6.92 Å². The highest BCUT2D eigenvalue weighted by molar-refractivity contribution is 7.98. The Kier molecular flexibility index (Phi) is 3.67. The Balaban J connectivity index is 1.41. The Hall–Kier alpha value is -1.74. The molecule has 0 radical (unpaired) electrons. The molecule has 2 fully saturated rings. The van der Waals surface area contributed by atoms with Gasteiger partial charge in [0.15, 0.2) is 5.16 Å². The van der Waals surface area contributed by atoms with Crippen molar-refractivity contribution in [3.8, 4) is 0 Å². The van der Waals surface area contributed by atoms with Crippen molar-refractivity contribution in [2.75, 3.05) is 0 Å². The highest BCUT2D eigenvalue weighted by atomic mass is 32.2. The summed E-state index contributed by atoms with van der Waals surface area (Å²) in [5, 5.41) is 15.0. The molecule has 2 aliphatic rings. The summed E-state index contributed by atoms with van der Waals surface area (Å²) in [7, 11) is 0. The first kappa shape index (κ1) is 15.5. The lowest BCUT2D eigenvalue weighted by atomic mass is 10.4. The molecule has 130 valence electrons. The van der Waals surface area contributed by atoms with Crippen LogP contribution in [0, 0.1) is 0 Å². The van der Waals surface area contributed by atoms with Gasteiger partial charge in [0.25, 0.3) is 5.56 Å². The molecule has 0 aromatic carbocycles. The van der Waals surface area contributed by atoms with Crippen LogP contribution in [0.1, 0.15) is 61.1 Å². The van der Waals surface area contributed by atoms with Gasteiger partial charge in [-0.25, -0.2) is 4.98 Å². The average Bonchev–Trinajstić information content (AvgIpc) is 3.54. The number of hydrogen-bond acceptors (Lipinski definition) is 7. The number of thioether (sulfide) groups is 1. The summed E-state index contributed by atoms with van der Waals surface area (Å²) in [5.41, 5.74) is 0.665. The van der Waals surface area contributed by atoms with E-state index in [9.17, 15) is 4.79 Å². The van der Waals surface area contributed by atoms with E-state index in [4.69, 9.17) is 0 Å². The van der Waals surface area contributed by atoms with E-state index in [-0.39, 0.29) is 5.56 Å². The van der Waals surface area contributed by atoms with Crippen LogP contribution in [0.4, 0.5) is 0 Å². The van der Waals surface area contributed by atoms with Crippen molar-refractivity contribution in [3.63, 3.8) is 0 Å². The molecule has 0 atom stereocenters. The van der Waals surface area contributed by atoms with Gasteiger partial charge in [-0.2, -0.15) is 9.61 Å². The third-order valence-electron chi connectivity index (χ3n) is 4.54. The predicted molar refractivity (Wildman–Crippen MR) is 96.3 cm³/mol. The number of aryl methyl sites for hydroxylation is 1. The summed E-state index contributed by atoms with van der Waals surface area (Å²) >= 11 is 3.11. The summed E-state index contributed by atoms with van der Waals surface area (Å²) in [6.45, 7) is 2.03. The highest BCUT2D eigenvalue weighted by Gasteiger charge is 2.36. The van der Waals surface area contributed by atoms with Crippen LogP contribution in [0.25, 0.3) is 4.96 Å². The fraction of sp³-hybridized carbons (Fsp3) is 0.562. The maximum atomic E-state index is 12.3. The SMILES string of the molecule is CCc1nn2c(=O)cc(CSc3nnc(C4CC4)n3C3CC3)nc2s1. The second-order valence-electron chi connectivity index (χ2n) is 6.63. The first-order valence-corrected chi connectivity index (χ1v) is 10.5. The van der Waals surface area contributed by atoms with E-state index in [1.54, 1.807) is 17.8 Å². The highest BCUT2D eigenvalue weighted by Crippen LogP contribution is 2.46. The summed E-state index contributed by atoms with van der Waals surface area (Å²) < 4.78 is 3.73. The minimum atomic E-state index is -0.112. The molecule has 3 heterocycles. The predicted octanol–water partition coefficient (Wildman–Crippen LogP) is 2.81. The van der Waals surface area contributed by atoms with Gasteiger partial charge in [-0.05, 0) is 32.1 Å². The largest absolute Gasteiger partial charge is 0.303 e. The molecular weight excluding hydrogens is 356 g/mol. The van der Waals surface area contributed by atoms with Crippen LogP contribution in [-0.4, -0.2) is 29.4 Å². The maximum Gasteiger partial charge on any atom is 0.275 e. The second-order valence-corrected chi connectivity index (χ2v) is 8.62. The molecule has 0 amide bonds. The fourth-order valence-electron chi connectivity index (χ4n) is 2.93. The van der Waals surface area contributed by atoms with Crippen molar-refractivity contribution in [2.24, 2.45) is 0 Å². The summed E-state index contributed by atoms with van der Waals surface area (Å²) in [4.78, 5) is 17.5. The zero-order valence-electron chi connectivity index (χ0n) is 13.9. The summed E-state index contributed by atoms with van der Waals surface area (Å²) in [6, 6.07) is 2.15. The molecule has 9 heteroatoms. The van der Waals surface area contributed by atoms with Gasteiger partial charge in [-0.1, -0.05) is 30.0 Å². The molecular formula is C16H18N6OS2. The second kappa shape index (κ2) is 5.91. The van der Waals surface area contributed by atoms with E-state index in [1.165, 1.54) is 41.5 Å². The molecule has 3 aromatic rings.